The number of methoxy groups -OCH3 is 1. The smallest absolute Gasteiger partial charge is 0.338 e. The fourth-order valence-corrected chi connectivity index (χ4v) is 3.95. The summed E-state index contributed by atoms with van der Waals surface area (Å²) in [5.74, 6) is 0.568. The lowest BCUT2D eigenvalue weighted by molar-refractivity contribution is -0.142. The molecule has 2 atom stereocenters. The Balaban J connectivity index is 1.53. The van der Waals surface area contributed by atoms with Crippen LogP contribution in [0.4, 0.5) is 4.79 Å². The molecule has 2 aromatic carbocycles. The van der Waals surface area contributed by atoms with Gasteiger partial charge in [-0.25, -0.2) is 9.59 Å². The van der Waals surface area contributed by atoms with Crippen molar-refractivity contribution in [2.24, 2.45) is 0 Å². The number of urea groups is 1. The van der Waals surface area contributed by atoms with Crippen LogP contribution in [0, 0.1) is 0 Å². The van der Waals surface area contributed by atoms with Crippen LogP contribution >= 0.6 is 0 Å². The molecule has 0 bridgehead atoms. The maximum Gasteiger partial charge on any atom is 0.338 e. The highest BCUT2D eigenvalue weighted by Crippen LogP contribution is 2.35. The molecule has 0 radical (unpaired) electrons. The van der Waals surface area contributed by atoms with Gasteiger partial charge in [0.25, 0.3) is 0 Å². The van der Waals surface area contributed by atoms with Crippen molar-refractivity contribution in [2.45, 2.75) is 38.5 Å². The van der Waals surface area contributed by atoms with Crippen molar-refractivity contribution in [1.82, 2.24) is 10.6 Å². The van der Waals surface area contributed by atoms with Crippen LogP contribution in [0.25, 0.3) is 0 Å². The molecular weight excluding hydrogens is 424 g/mol. The minimum absolute atomic E-state index is 0.0828. The minimum Gasteiger partial charge on any atom is -0.493 e. The summed E-state index contributed by atoms with van der Waals surface area (Å²) in [5.41, 5.74) is 2.50. The number of carbonyl (C=O) groups excluding carboxylic acids is 2. The van der Waals surface area contributed by atoms with Gasteiger partial charge in [0, 0.05) is 12.3 Å². The molecule has 0 unspecified atom stereocenters. The molecule has 0 aromatic heterocycles. The van der Waals surface area contributed by atoms with Crippen molar-refractivity contribution in [1.29, 1.82) is 0 Å². The first-order valence-corrected chi connectivity index (χ1v) is 11.0. The molecule has 174 valence electrons. The summed E-state index contributed by atoms with van der Waals surface area (Å²) in [6, 6.07) is 14.1. The van der Waals surface area contributed by atoms with Crippen LogP contribution in [0.1, 0.15) is 36.9 Å². The van der Waals surface area contributed by atoms with E-state index in [0.717, 1.165) is 18.4 Å². The summed E-state index contributed by atoms with van der Waals surface area (Å²) in [4.78, 5) is 25.1. The summed E-state index contributed by atoms with van der Waals surface area (Å²) in [7, 11) is 1.55. The molecule has 0 spiro atoms. The Hall–Kier alpha value is -3.52. The van der Waals surface area contributed by atoms with E-state index in [1.807, 2.05) is 30.3 Å². The van der Waals surface area contributed by atoms with Crippen molar-refractivity contribution in [2.75, 3.05) is 20.3 Å². The summed E-state index contributed by atoms with van der Waals surface area (Å²) in [5, 5.41) is 5.47. The van der Waals surface area contributed by atoms with Gasteiger partial charge in [-0.3, -0.25) is 0 Å². The zero-order valence-electron chi connectivity index (χ0n) is 18.8. The third-order valence-electron chi connectivity index (χ3n) is 5.67. The normalized spacial score (nSPS) is 20.1. The Morgan fingerprint density at radius 3 is 2.70 bits per heavy atom. The van der Waals surface area contributed by atoms with E-state index in [1.54, 1.807) is 32.2 Å². The molecule has 2 aromatic rings. The highest BCUT2D eigenvalue weighted by atomic mass is 16.6. The lowest BCUT2D eigenvalue weighted by Crippen LogP contribution is -2.45. The number of carbonyl (C=O) groups is 2. The molecule has 1 fully saturated rings. The van der Waals surface area contributed by atoms with E-state index in [0.29, 0.717) is 41.5 Å². The molecule has 2 aliphatic rings. The molecule has 0 saturated carbocycles. The van der Waals surface area contributed by atoms with Gasteiger partial charge in [-0.05, 0) is 43.0 Å². The number of hydrogen-bond donors (Lipinski definition) is 2. The summed E-state index contributed by atoms with van der Waals surface area (Å²) < 4.78 is 22.5. The lowest BCUT2D eigenvalue weighted by atomic mass is 9.95. The quantitative estimate of drug-likeness (QED) is 0.594. The second-order valence-electron chi connectivity index (χ2n) is 7.99. The van der Waals surface area contributed by atoms with Crippen molar-refractivity contribution in [3.63, 3.8) is 0 Å². The Morgan fingerprint density at radius 1 is 1.15 bits per heavy atom. The van der Waals surface area contributed by atoms with Crippen LogP contribution in [-0.4, -0.2) is 38.4 Å². The van der Waals surface area contributed by atoms with Gasteiger partial charge in [-0.1, -0.05) is 36.4 Å². The van der Waals surface area contributed by atoms with Crippen molar-refractivity contribution in [3.05, 3.63) is 70.9 Å². The van der Waals surface area contributed by atoms with Gasteiger partial charge in [-0.15, -0.1) is 0 Å². The number of amides is 2. The van der Waals surface area contributed by atoms with E-state index in [-0.39, 0.29) is 12.7 Å². The highest BCUT2D eigenvalue weighted by Gasteiger charge is 2.33. The average molecular weight is 453 g/mol. The monoisotopic (exact) mass is 452 g/mol. The maximum atomic E-state index is 13.0. The van der Waals surface area contributed by atoms with E-state index in [9.17, 15) is 9.59 Å². The molecule has 2 heterocycles. The predicted octanol–water partition coefficient (Wildman–Crippen LogP) is 3.62. The fraction of sp³-hybridized carbons (Fsp3) is 0.360. The Kier molecular flexibility index (Phi) is 7.14. The summed E-state index contributed by atoms with van der Waals surface area (Å²) in [6.07, 6.45) is 1.74. The Bertz CT molecular complexity index is 1030. The Morgan fingerprint density at radius 2 is 1.97 bits per heavy atom. The minimum atomic E-state index is -0.687. The van der Waals surface area contributed by atoms with Gasteiger partial charge in [0.05, 0.1) is 24.8 Å². The van der Waals surface area contributed by atoms with Crippen LogP contribution < -0.4 is 20.1 Å². The summed E-state index contributed by atoms with van der Waals surface area (Å²) in [6.45, 7) is 2.94. The highest BCUT2D eigenvalue weighted by molar-refractivity contribution is 5.95. The first-order chi connectivity index (χ1) is 16.0. The van der Waals surface area contributed by atoms with Crippen molar-refractivity contribution in [3.8, 4) is 11.5 Å². The first-order valence-electron chi connectivity index (χ1n) is 11.0. The van der Waals surface area contributed by atoms with Crippen LogP contribution in [0.3, 0.4) is 0 Å². The number of nitrogens with one attached hydrogen (secondary N) is 2. The van der Waals surface area contributed by atoms with Crippen molar-refractivity contribution < 1.29 is 28.5 Å². The molecule has 33 heavy (non-hydrogen) atoms. The zero-order chi connectivity index (χ0) is 23.2. The van der Waals surface area contributed by atoms with E-state index < -0.39 is 18.0 Å². The standard InChI is InChI=1S/C25H28N2O6/c1-16-22(24(28)33-15-19-9-6-12-31-19)23(27-25(29)26-16)18-10-11-20(21(13-18)30-2)32-14-17-7-4-3-5-8-17/h3-5,7-8,10-11,13,19,23H,6,9,12,14-15H2,1-2H3,(H2,26,27,29)/t19-,23+/m0/s1. The predicted molar refractivity (Wildman–Crippen MR) is 121 cm³/mol. The Labute approximate surface area is 192 Å². The molecule has 1 saturated heterocycles. The fourth-order valence-electron chi connectivity index (χ4n) is 3.95. The number of ether oxygens (including phenoxy) is 4. The van der Waals surface area contributed by atoms with Gasteiger partial charge in [0.1, 0.15) is 13.2 Å². The van der Waals surface area contributed by atoms with E-state index in [4.69, 9.17) is 18.9 Å². The SMILES string of the molecule is COc1cc([C@H]2NC(=O)NC(C)=C2C(=O)OC[C@@H]2CCCO2)ccc1OCc1ccccc1. The second-order valence-corrected chi connectivity index (χ2v) is 7.99. The average Bonchev–Trinajstić information content (AvgIpc) is 3.35. The number of esters is 1. The van der Waals surface area contributed by atoms with Gasteiger partial charge in [-0.2, -0.15) is 0 Å². The largest absolute Gasteiger partial charge is 0.493 e. The number of rotatable bonds is 8. The van der Waals surface area contributed by atoms with Crippen LogP contribution in [0.15, 0.2) is 59.8 Å². The third-order valence-corrected chi connectivity index (χ3v) is 5.67. The zero-order valence-corrected chi connectivity index (χ0v) is 18.8. The number of benzene rings is 2. The molecule has 8 nitrogen and oxygen atoms in total. The topological polar surface area (TPSA) is 95.1 Å². The van der Waals surface area contributed by atoms with Gasteiger partial charge in [0.15, 0.2) is 11.5 Å². The van der Waals surface area contributed by atoms with E-state index in [2.05, 4.69) is 10.6 Å². The van der Waals surface area contributed by atoms with Gasteiger partial charge < -0.3 is 29.6 Å². The first kappa shape index (κ1) is 22.7. The lowest BCUT2D eigenvalue weighted by Gasteiger charge is -2.28. The molecule has 2 amide bonds. The van der Waals surface area contributed by atoms with E-state index in [1.165, 1.54) is 0 Å². The molecular formula is C25H28N2O6. The van der Waals surface area contributed by atoms with Crippen LogP contribution in [0.2, 0.25) is 0 Å². The number of hydrogen-bond acceptors (Lipinski definition) is 6. The molecule has 8 heteroatoms. The maximum absolute atomic E-state index is 13.0. The molecule has 4 rings (SSSR count). The molecule has 2 N–H and O–H groups in total. The summed E-state index contributed by atoms with van der Waals surface area (Å²) >= 11 is 0. The van der Waals surface area contributed by atoms with Crippen molar-refractivity contribution >= 4 is 12.0 Å². The number of allylic oxidation sites excluding steroid dienone is 1. The van der Waals surface area contributed by atoms with E-state index >= 15 is 0 Å². The van der Waals surface area contributed by atoms with Crippen LogP contribution in [-0.2, 0) is 20.9 Å². The van der Waals surface area contributed by atoms with Crippen LogP contribution in [0.5, 0.6) is 11.5 Å². The second kappa shape index (κ2) is 10.4. The third kappa shape index (κ3) is 5.46. The van der Waals surface area contributed by atoms with Gasteiger partial charge >= 0.3 is 12.0 Å². The van der Waals surface area contributed by atoms with Gasteiger partial charge in [0.2, 0.25) is 0 Å². The molecule has 2 aliphatic heterocycles. The molecule has 0 aliphatic carbocycles.